The number of pyridine rings is 1. The number of fused-ring (bicyclic) bond motifs is 2. The Labute approximate surface area is 234 Å². The maximum Gasteiger partial charge on any atom is 0.274 e. The highest BCUT2D eigenvalue weighted by Crippen LogP contribution is 2.24. The molecule has 0 aliphatic rings. The molecule has 0 unspecified atom stereocenters. The summed E-state index contributed by atoms with van der Waals surface area (Å²) in [6.45, 7) is 1.82. The second-order valence-corrected chi connectivity index (χ2v) is 9.65. The van der Waals surface area contributed by atoms with E-state index < -0.39 is 11.9 Å². The Kier molecular flexibility index (Phi) is 7.14. The van der Waals surface area contributed by atoms with Gasteiger partial charge in [0.25, 0.3) is 11.5 Å². The van der Waals surface area contributed by atoms with E-state index in [1.807, 2.05) is 61.5 Å². The second-order valence-electron chi connectivity index (χ2n) is 8.77. The molecule has 3 N–H and O–H groups in total. The summed E-state index contributed by atoms with van der Waals surface area (Å²) in [6, 6.07) is 19.6. The van der Waals surface area contributed by atoms with Crippen molar-refractivity contribution in [2.75, 3.05) is 5.73 Å². The summed E-state index contributed by atoms with van der Waals surface area (Å²) < 4.78 is 3.01. The number of carbonyl (C=O) groups is 1. The summed E-state index contributed by atoms with van der Waals surface area (Å²) in [6.07, 6.45) is 3.25. The van der Waals surface area contributed by atoms with Crippen molar-refractivity contribution in [2.24, 2.45) is 0 Å². The van der Waals surface area contributed by atoms with Crippen molar-refractivity contribution in [3.63, 3.8) is 0 Å². The topological polar surface area (TPSA) is 120 Å². The van der Waals surface area contributed by atoms with Crippen LogP contribution < -0.4 is 16.6 Å². The number of benzene rings is 2. The summed E-state index contributed by atoms with van der Waals surface area (Å²) in [5.74, 6) is 5.85. The van der Waals surface area contributed by atoms with Gasteiger partial charge in [-0.2, -0.15) is 5.10 Å². The maximum absolute atomic E-state index is 14.1. The number of aromatic nitrogens is 5. The minimum absolute atomic E-state index is 0. The van der Waals surface area contributed by atoms with Crippen molar-refractivity contribution >= 4 is 39.5 Å². The molecule has 0 fully saturated rings. The summed E-state index contributed by atoms with van der Waals surface area (Å²) >= 11 is 1.44. The Morgan fingerprint density at radius 2 is 1.90 bits per heavy atom. The molecule has 0 aliphatic carbocycles. The smallest absolute Gasteiger partial charge is 0.274 e. The fourth-order valence-corrected chi connectivity index (χ4v) is 4.98. The van der Waals surface area contributed by atoms with Gasteiger partial charge in [-0.15, -0.1) is 11.3 Å². The molecule has 1 atom stereocenters. The summed E-state index contributed by atoms with van der Waals surface area (Å²) in [5, 5.41) is 8.40. The van der Waals surface area contributed by atoms with E-state index in [-0.39, 0.29) is 24.5 Å². The summed E-state index contributed by atoms with van der Waals surface area (Å²) in [5.41, 5.74) is 10.0. The molecular weight excluding hydrogens is 522 g/mol. The molecule has 0 saturated heterocycles. The number of nitrogens with one attached hydrogen (secondary N) is 1. The van der Waals surface area contributed by atoms with Crippen LogP contribution in [0.1, 0.15) is 47.0 Å². The zero-order chi connectivity index (χ0) is 26.9. The molecule has 0 saturated carbocycles. The molecule has 10 heteroatoms. The van der Waals surface area contributed by atoms with Gasteiger partial charge in [-0.25, -0.2) is 9.50 Å². The van der Waals surface area contributed by atoms with E-state index in [0.29, 0.717) is 28.0 Å². The molecule has 6 rings (SSSR count). The second kappa shape index (κ2) is 10.8. The maximum atomic E-state index is 14.1. The van der Waals surface area contributed by atoms with Crippen molar-refractivity contribution in [1.29, 1.82) is 0 Å². The van der Waals surface area contributed by atoms with Gasteiger partial charge >= 0.3 is 0 Å². The number of nitrogens with zero attached hydrogens (tertiary/aromatic N) is 5. The number of para-hydroxylation sites is 1. The van der Waals surface area contributed by atoms with Gasteiger partial charge in [0.15, 0.2) is 17.2 Å². The lowest BCUT2D eigenvalue weighted by Crippen LogP contribution is -2.33. The quantitative estimate of drug-likeness (QED) is 0.311. The van der Waals surface area contributed by atoms with Crippen molar-refractivity contribution in [2.45, 2.75) is 20.4 Å². The highest BCUT2D eigenvalue weighted by atomic mass is 32.1. The predicted octanol–water partition coefficient (Wildman–Crippen LogP) is 4.60. The minimum atomic E-state index is -0.574. The van der Waals surface area contributed by atoms with Crippen molar-refractivity contribution in [1.82, 2.24) is 29.5 Å². The first-order valence-corrected chi connectivity index (χ1v) is 12.9. The molecule has 4 aromatic heterocycles. The van der Waals surface area contributed by atoms with Crippen LogP contribution in [0, 0.1) is 11.8 Å². The number of anilines is 1. The minimum Gasteiger partial charge on any atom is -0.382 e. The van der Waals surface area contributed by atoms with Crippen LogP contribution in [0.25, 0.3) is 22.1 Å². The number of carbonyl (C=O) groups excluding carboxylic acids is 1. The van der Waals surface area contributed by atoms with Crippen LogP contribution in [0.2, 0.25) is 0 Å². The third-order valence-corrected chi connectivity index (χ3v) is 6.96. The lowest BCUT2D eigenvalue weighted by atomic mass is 10.0. The van der Waals surface area contributed by atoms with E-state index in [9.17, 15) is 9.59 Å². The average molecular weight is 548 g/mol. The Morgan fingerprint density at radius 3 is 2.67 bits per heavy atom. The number of hydrogen-bond donors (Lipinski definition) is 2. The van der Waals surface area contributed by atoms with Gasteiger partial charge in [-0.1, -0.05) is 43.7 Å². The van der Waals surface area contributed by atoms with Crippen LogP contribution in [-0.4, -0.2) is 30.1 Å². The molecule has 2 aromatic carbocycles. The molecule has 1 amide bonds. The van der Waals surface area contributed by atoms with Crippen molar-refractivity contribution in [3.8, 4) is 17.5 Å². The number of nitrogens with two attached hydrogens (primary N) is 1. The monoisotopic (exact) mass is 547 g/mol. The molecule has 40 heavy (non-hydrogen) atoms. The molecule has 198 valence electrons. The van der Waals surface area contributed by atoms with E-state index in [4.69, 9.17) is 5.73 Å². The Bertz CT molecular complexity index is 1970. The van der Waals surface area contributed by atoms with Crippen molar-refractivity contribution in [3.05, 3.63) is 117 Å². The number of rotatable bonds is 4. The summed E-state index contributed by atoms with van der Waals surface area (Å²) in [4.78, 5) is 36.6. The molecule has 0 spiro atoms. The summed E-state index contributed by atoms with van der Waals surface area (Å²) in [7, 11) is 0. The fraction of sp³-hybridized carbons (Fsp3) is 0.100. The van der Waals surface area contributed by atoms with E-state index in [0.717, 1.165) is 10.3 Å². The number of hydrogen-bond acceptors (Lipinski definition) is 7. The fourth-order valence-electron chi connectivity index (χ4n) is 4.51. The van der Waals surface area contributed by atoms with Gasteiger partial charge in [-0.05, 0) is 54.6 Å². The third kappa shape index (κ3) is 4.70. The molecule has 0 radical (unpaired) electrons. The number of imidazole rings is 1. The predicted molar refractivity (Wildman–Crippen MR) is 158 cm³/mol. The van der Waals surface area contributed by atoms with Gasteiger partial charge in [0.05, 0.1) is 28.0 Å². The van der Waals surface area contributed by atoms with E-state index in [1.54, 1.807) is 34.6 Å². The average Bonchev–Trinajstić information content (AvgIpc) is 3.59. The lowest BCUT2D eigenvalue weighted by molar-refractivity contribution is 0.0932. The molecule has 0 bridgehead atoms. The largest absolute Gasteiger partial charge is 0.382 e. The van der Waals surface area contributed by atoms with Crippen LogP contribution in [-0.2, 0) is 0 Å². The molecule has 6 aromatic rings. The van der Waals surface area contributed by atoms with Crippen LogP contribution in [0.3, 0.4) is 0 Å². The molecule has 9 nitrogen and oxygen atoms in total. The normalized spacial score (nSPS) is 11.4. The van der Waals surface area contributed by atoms with Gasteiger partial charge in [0.2, 0.25) is 0 Å². The van der Waals surface area contributed by atoms with Gasteiger partial charge in [0.1, 0.15) is 0 Å². The highest BCUT2D eigenvalue weighted by Gasteiger charge is 2.23. The standard InChI is InChI=1S/C29H21N7O2S.CH4/c1-18(33-28(37)26-27(30)34-24-11-6-14-32-36(24)26)23-15-20-8-5-7-19(12-13-22-16-31-17-39-22)25(20)29(38)35(23)21-9-3-2-4-10-21;/h2-11,14-18H,30H2,1H3,(H,33,37);1H4/t18-;/m0./s1. The van der Waals surface area contributed by atoms with Crippen LogP contribution in [0.4, 0.5) is 5.82 Å². The highest BCUT2D eigenvalue weighted by molar-refractivity contribution is 7.10. The number of thiazole rings is 1. The van der Waals surface area contributed by atoms with E-state index in [1.165, 1.54) is 15.9 Å². The van der Waals surface area contributed by atoms with Gasteiger partial charge in [-0.3, -0.25) is 19.1 Å². The zero-order valence-corrected chi connectivity index (χ0v) is 21.5. The molecule has 0 aliphatic heterocycles. The van der Waals surface area contributed by atoms with Gasteiger partial charge in [0, 0.05) is 23.1 Å². The Balaban J connectivity index is 0.00000323. The Morgan fingerprint density at radius 1 is 1.07 bits per heavy atom. The first-order valence-electron chi connectivity index (χ1n) is 12.1. The Hall–Kier alpha value is -5.27. The third-order valence-electron chi connectivity index (χ3n) is 6.27. The van der Waals surface area contributed by atoms with Crippen LogP contribution >= 0.6 is 11.3 Å². The zero-order valence-electron chi connectivity index (χ0n) is 20.7. The lowest BCUT2D eigenvalue weighted by Gasteiger charge is -2.21. The molecule has 4 heterocycles. The SMILES string of the molecule is C.C[C@H](NC(=O)c1c(N)nc2cccnn12)c1cc2cccc(C#Cc3cncs3)c2c(=O)n1-c1ccccc1. The number of nitrogen functional groups attached to an aromatic ring is 1. The van der Waals surface area contributed by atoms with E-state index >= 15 is 0 Å². The van der Waals surface area contributed by atoms with Gasteiger partial charge < -0.3 is 11.1 Å². The van der Waals surface area contributed by atoms with Crippen molar-refractivity contribution < 1.29 is 4.79 Å². The van der Waals surface area contributed by atoms with E-state index in [2.05, 4.69) is 32.2 Å². The first-order chi connectivity index (χ1) is 19.0. The molecular formula is C30H25N7O2S. The first kappa shape index (κ1) is 26.3. The number of amides is 1. The van der Waals surface area contributed by atoms with Crippen LogP contribution in [0.5, 0.6) is 0 Å². The van der Waals surface area contributed by atoms with Crippen LogP contribution in [0.15, 0.2) is 89.4 Å².